The molecule has 3 aromatic carbocycles. The van der Waals surface area contributed by atoms with E-state index in [2.05, 4.69) is 30.9 Å². The van der Waals surface area contributed by atoms with Crippen molar-refractivity contribution in [3.05, 3.63) is 77.4 Å². The van der Waals surface area contributed by atoms with E-state index in [0.29, 0.717) is 43.4 Å². The minimum absolute atomic E-state index is 0.0169. The SMILES string of the molecule is COc1ccc(S(=O)(=O)N(CC(=O)N2CCN(c3cccc(C)c3C)CC2)c2ccc(C)cc2)cc1OC. The molecule has 38 heavy (non-hydrogen) atoms. The lowest BCUT2D eigenvalue weighted by Gasteiger charge is -2.38. The number of rotatable bonds is 8. The Labute approximate surface area is 225 Å². The predicted octanol–water partition coefficient (Wildman–Crippen LogP) is 4.17. The molecule has 0 bridgehead atoms. The summed E-state index contributed by atoms with van der Waals surface area (Å²) in [5, 5.41) is 0. The van der Waals surface area contributed by atoms with Crippen LogP contribution in [0.5, 0.6) is 11.5 Å². The highest BCUT2D eigenvalue weighted by Crippen LogP contribution is 2.32. The second kappa shape index (κ2) is 11.3. The number of aryl methyl sites for hydroxylation is 2. The van der Waals surface area contributed by atoms with Gasteiger partial charge >= 0.3 is 0 Å². The molecule has 1 aliphatic rings. The van der Waals surface area contributed by atoms with Gasteiger partial charge in [-0.25, -0.2) is 8.42 Å². The summed E-state index contributed by atoms with van der Waals surface area (Å²) < 4.78 is 39.5. The molecule has 0 radical (unpaired) electrons. The molecule has 1 saturated heterocycles. The van der Waals surface area contributed by atoms with Gasteiger partial charge in [-0.3, -0.25) is 9.10 Å². The van der Waals surface area contributed by atoms with Crippen molar-refractivity contribution >= 4 is 27.3 Å². The van der Waals surface area contributed by atoms with Gasteiger partial charge in [0.25, 0.3) is 10.0 Å². The van der Waals surface area contributed by atoms with Crippen molar-refractivity contribution in [2.75, 3.05) is 56.1 Å². The van der Waals surface area contributed by atoms with Crippen molar-refractivity contribution in [3.63, 3.8) is 0 Å². The largest absolute Gasteiger partial charge is 0.493 e. The van der Waals surface area contributed by atoms with Gasteiger partial charge in [0.15, 0.2) is 11.5 Å². The number of ether oxygens (including phenoxy) is 2. The number of piperazine rings is 1. The van der Waals surface area contributed by atoms with E-state index >= 15 is 0 Å². The van der Waals surface area contributed by atoms with E-state index in [1.165, 1.54) is 47.5 Å². The van der Waals surface area contributed by atoms with Gasteiger partial charge in [-0.05, 0) is 62.2 Å². The molecule has 0 saturated carbocycles. The van der Waals surface area contributed by atoms with Crippen LogP contribution in [0.15, 0.2) is 65.6 Å². The number of methoxy groups -OCH3 is 2. The first-order chi connectivity index (χ1) is 18.1. The summed E-state index contributed by atoms with van der Waals surface area (Å²) in [5.41, 5.74) is 5.06. The Morgan fingerprint density at radius 3 is 2.16 bits per heavy atom. The van der Waals surface area contributed by atoms with Crippen LogP contribution < -0.4 is 18.7 Å². The van der Waals surface area contributed by atoms with E-state index < -0.39 is 10.0 Å². The third-order valence-corrected chi connectivity index (χ3v) is 8.86. The van der Waals surface area contributed by atoms with Crippen LogP contribution in [0.1, 0.15) is 16.7 Å². The van der Waals surface area contributed by atoms with Crippen LogP contribution in [-0.4, -0.2) is 66.2 Å². The monoisotopic (exact) mass is 537 g/mol. The second-order valence-electron chi connectivity index (χ2n) is 9.45. The van der Waals surface area contributed by atoms with Gasteiger partial charge in [-0.15, -0.1) is 0 Å². The van der Waals surface area contributed by atoms with Crippen LogP contribution in [0.4, 0.5) is 11.4 Å². The van der Waals surface area contributed by atoms with Crippen molar-refractivity contribution in [2.24, 2.45) is 0 Å². The summed E-state index contributed by atoms with van der Waals surface area (Å²) >= 11 is 0. The lowest BCUT2D eigenvalue weighted by Crippen LogP contribution is -2.52. The van der Waals surface area contributed by atoms with Crippen LogP contribution in [0, 0.1) is 20.8 Å². The molecular weight excluding hydrogens is 502 g/mol. The van der Waals surface area contributed by atoms with Crippen molar-refractivity contribution in [1.29, 1.82) is 0 Å². The quantitative estimate of drug-likeness (QED) is 0.429. The number of sulfonamides is 1. The normalized spacial score (nSPS) is 13.8. The molecule has 9 heteroatoms. The van der Waals surface area contributed by atoms with E-state index in [4.69, 9.17) is 9.47 Å². The average molecular weight is 538 g/mol. The van der Waals surface area contributed by atoms with Crippen molar-refractivity contribution in [2.45, 2.75) is 25.7 Å². The van der Waals surface area contributed by atoms with Crippen molar-refractivity contribution in [3.8, 4) is 11.5 Å². The van der Waals surface area contributed by atoms with Gasteiger partial charge in [0, 0.05) is 37.9 Å². The fourth-order valence-electron chi connectivity index (χ4n) is 4.63. The minimum atomic E-state index is -4.08. The molecule has 4 rings (SSSR count). The van der Waals surface area contributed by atoms with Gasteiger partial charge in [-0.2, -0.15) is 0 Å². The zero-order valence-electron chi connectivity index (χ0n) is 22.6. The maximum atomic E-state index is 13.9. The predicted molar refractivity (Wildman–Crippen MR) is 150 cm³/mol. The molecule has 202 valence electrons. The number of anilines is 2. The molecule has 0 aliphatic carbocycles. The molecule has 0 N–H and O–H groups in total. The maximum absolute atomic E-state index is 13.9. The van der Waals surface area contributed by atoms with Crippen LogP contribution in [0.2, 0.25) is 0 Å². The van der Waals surface area contributed by atoms with E-state index in [-0.39, 0.29) is 17.3 Å². The first kappa shape index (κ1) is 27.3. The van der Waals surface area contributed by atoms with Crippen LogP contribution in [0.25, 0.3) is 0 Å². The smallest absolute Gasteiger partial charge is 0.264 e. The van der Waals surface area contributed by atoms with Crippen LogP contribution >= 0.6 is 0 Å². The zero-order chi connectivity index (χ0) is 27.4. The lowest BCUT2D eigenvalue weighted by molar-refractivity contribution is -0.129. The Hall–Kier alpha value is -3.72. The summed E-state index contributed by atoms with van der Waals surface area (Å²) in [5.74, 6) is 0.479. The van der Waals surface area contributed by atoms with Gasteiger partial charge in [-0.1, -0.05) is 29.8 Å². The molecule has 0 spiro atoms. The molecule has 1 amide bonds. The van der Waals surface area contributed by atoms with Gasteiger partial charge in [0.1, 0.15) is 6.54 Å². The molecule has 0 atom stereocenters. The first-order valence-corrected chi connectivity index (χ1v) is 14.0. The lowest BCUT2D eigenvalue weighted by atomic mass is 10.1. The Balaban J connectivity index is 1.57. The van der Waals surface area contributed by atoms with E-state index in [0.717, 1.165) is 5.56 Å². The molecule has 0 aromatic heterocycles. The summed E-state index contributed by atoms with van der Waals surface area (Å²) in [4.78, 5) is 17.5. The number of hydrogen-bond donors (Lipinski definition) is 0. The highest BCUT2D eigenvalue weighted by Gasteiger charge is 2.31. The molecule has 1 fully saturated rings. The summed E-state index contributed by atoms with van der Waals surface area (Å²) in [6, 6.07) is 17.8. The number of carbonyl (C=O) groups is 1. The standard InChI is InChI=1S/C29H35N3O5S/c1-21-9-11-24(12-10-21)32(38(34,35)25-13-14-27(36-4)28(19-25)37-5)20-29(33)31-17-15-30(16-18-31)26-8-6-7-22(2)23(26)3/h6-14,19H,15-18,20H2,1-5H3. The number of carbonyl (C=O) groups excluding carboxylic acids is 1. The highest BCUT2D eigenvalue weighted by molar-refractivity contribution is 7.92. The molecule has 1 aliphatic heterocycles. The Morgan fingerprint density at radius 2 is 1.53 bits per heavy atom. The Morgan fingerprint density at radius 1 is 0.868 bits per heavy atom. The second-order valence-corrected chi connectivity index (χ2v) is 11.3. The Kier molecular flexibility index (Phi) is 8.16. The third kappa shape index (κ3) is 5.57. The van der Waals surface area contributed by atoms with Crippen LogP contribution in [-0.2, 0) is 14.8 Å². The summed E-state index contributed by atoms with van der Waals surface area (Å²) in [6.45, 7) is 8.24. The number of nitrogens with zero attached hydrogens (tertiary/aromatic N) is 3. The molecule has 1 heterocycles. The summed E-state index contributed by atoms with van der Waals surface area (Å²) in [6.07, 6.45) is 0. The maximum Gasteiger partial charge on any atom is 0.264 e. The van der Waals surface area contributed by atoms with E-state index in [1.807, 2.05) is 25.1 Å². The van der Waals surface area contributed by atoms with Gasteiger partial charge in [0.2, 0.25) is 5.91 Å². The molecule has 0 unspecified atom stereocenters. The van der Waals surface area contributed by atoms with Gasteiger partial charge in [0.05, 0.1) is 24.8 Å². The van der Waals surface area contributed by atoms with Crippen molar-refractivity contribution in [1.82, 2.24) is 4.90 Å². The van der Waals surface area contributed by atoms with E-state index in [1.54, 1.807) is 23.1 Å². The third-order valence-electron chi connectivity index (χ3n) is 7.09. The van der Waals surface area contributed by atoms with Crippen molar-refractivity contribution < 1.29 is 22.7 Å². The molecule has 3 aromatic rings. The number of benzene rings is 3. The number of hydrogen-bond acceptors (Lipinski definition) is 6. The zero-order valence-corrected chi connectivity index (χ0v) is 23.4. The fraction of sp³-hybridized carbons (Fsp3) is 0.345. The fourth-order valence-corrected chi connectivity index (χ4v) is 6.06. The van der Waals surface area contributed by atoms with Gasteiger partial charge < -0.3 is 19.3 Å². The topological polar surface area (TPSA) is 79.4 Å². The van der Waals surface area contributed by atoms with Crippen LogP contribution in [0.3, 0.4) is 0 Å². The average Bonchev–Trinajstić information content (AvgIpc) is 2.93. The molecule has 8 nitrogen and oxygen atoms in total. The van der Waals surface area contributed by atoms with E-state index in [9.17, 15) is 13.2 Å². The summed E-state index contributed by atoms with van der Waals surface area (Å²) in [7, 11) is -1.14. The first-order valence-electron chi connectivity index (χ1n) is 12.6. The molecular formula is C29H35N3O5S. The Bertz CT molecular complexity index is 1400. The highest BCUT2D eigenvalue weighted by atomic mass is 32.2. The minimum Gasteiger partial charge on any atom is -0.493 e. The number of amides is 1.